The van der Waals surface area contributed by atoms with Gasteiger partial charge >= 0.3 is 0 Å². The van der Waals surface area contributed by atoms with Crippen LogP contribution in [0.25, 0.3) is 0 Å². The van der Waals surface area contributed by atoms with Crippen LogP contribution in [0, 0.1) is 0 Å². The number of rotatable bonds is 5. The molecule has 0 saturated carbocycles. The van der Waals surface area contributed by atoms with Gasteiger partial charge in [-0.1, -0.05) is 32.9 Å². The summed E-state index contributed by atoms with van der Waals surface area (Å²) in [5.41, 5.74) is 11.6. The molecule has 1 unspecified atom stereocenters. The average molecular weight is 280 g/mol. The Balaban J connectivity index is 2.54. The molecule has 3 nitrogen and oxygen atoms in total. The van der Waals surface area contributed by atoms with Crippen molar-refractivity contribution in [3.8, 4) is 0 Å². The number of carbonyl (C=O) groups excluding carboxylic acids is 1. The molecule has 1 amide bonds. The molecule has 19 heavy (non-hydrogen) atoms. The van der Waals surface area contributed by atoms with Crippen molar-refractivity contribution in [2.45, 2.75) is 50.0 Å². The van der Waals surface area contributed by atoms with E-state index in [1.165, 1.54) is 10.5 Å². The monoisotopic (exact) mass is 280 g/mol. The van der Waals surface area contributed by atoms with Crippen molar-refractivity contribution in [3.63, 3.8) is 0 Å². The lowest BCUT2D eigenvalue weighted by Gasteiger charge is -2.20. The summed E-state index contributed by atoms with van der Waals surface area (Å²) in [6, 6.07) is 8.53. The van der Waals surface area contributed by atoms with Crippen molar-refractivity contribution in [1.82, 2.24) is 0 Å². The number of amides is 1. The van der Waals surface area contributed by atoms with E-state index < -0.39 is 11.4 Å². The molecule has 0 bridgehead atoms. The van der Waals surface area contributed by atoms with Gasteiger partial charge in [-0.25, -0.2) is 0 Å². The SMILES string of the molecule is CC(N)(CCSc1ccc(C(C)(C)C)cc1)C(N)=O. The van der Waals surface area contributed by atoms with Gasteiger partial charge in [-0.05, 0) is 36.5 Å². The third kappa shape index (κ3) is 4.88. The van der Waals surface area contributed by atoms with Crippen LogP contribution >= 0.6 is 11.8 Å². The molecule has 0 aliphatic rings. The molecule has 4 heteroatoms. The summed E-state index contributed by atoms with van der Waals surface area (Å²) in [7, 11) is 0. The first-order chi connectivity index (χ1) is 8.63. The van der Waals surface area contributed by atoms with Crippen LogP contribution in [0.5, 0.6) is 0 Å². The van der Waals surface area contributed by atoms with Gasteiger partial charge < -0.3 is 11.5 Å². The second kappa shape index (κ2) is 5.97. The molecule has 1 rings (SSSR count). The molecular formula is C15H24N2OS. The first kappa shape index (κ1) is 16.1. The highest BCUT2D eigenvalue weighted by Crippen LogP contribution is 2.26. The number of carbonyl (C=O) groups is 1. The van der Waals surface area contributed by atoms with E-state index in [1.807, 2.05) is 0 Å². The van der Waals surface area contributed by atoms with E-state index >= 15 is 0 Å². The Hall–Kier alpha value is -1.00. The molecule has 1 aromatic carbocycles. The molecular weight excluding hydrogens is 256 g/mol. The van der Waals surface area contributed by atoms with Gasteiger partial charge in [-0.15, -0.1) is 11.8 Å². The van der Waals surface area contributed by atoms with Crippen molar-refractivity contribution in [2.24, 2.45) is 11.5 Å². The van der Waals surface area contributed by atoms with Crippen molar-refractivity contribution in [2.75, 3.05) is 5.75 Å². The molecule has 0 aliphatic heterocycles. The zero-order valence-corrected chi connectivity index (χ0v) is 13.0. The standard InChI is InChI=1S/C15H24N2OS/c1-14(2,3)11-5-7-12(8-6-11)19-10-9-15(4,17)13(16)18/h5-8H,9-10,17H2,1-4H3,(H2,16,18). The first-order valence-electron chi connectivity index (χ1n) is 6.45. The van der Waals surface area contributed by atoms with Gasteiger partial charge in [0.05, 0.1) is 5.54 Å². The van der Waals surface area contributed by atoms with Gasteiger partial charge in [0, 0.05) is 10.6 Å². The topological polar surface area (TPSA) is 69.1 Å². The fourth-order valence-corrected chi connectivity index (χ4v) is 2.65. The Bertz CT molecular complexity index is 432. The molecule has 0 fully saturated rings. The second-order valence-corrected chi connectivity index (χ2v) is 7.32. The third-order valence-corrected chi connectivity index (χ3v) is 4.19. The van der Waals surface area contributed by atoms with Crippen molar-refractivity contribution < 1.29 is 4.79 Å². The Kier molecular flexibility index (Phi) is 5.04. The predicted octanol–water partition coefficient (Wildman–Crippen LogP) is 2.67. The number of benzene rings is 1. The Morgan fingerprint density at radius 3 is 2.11 bits per heavy atom. The molecule has 0 aromatic heterocycles. The summed E-state index contributed by atoms with van der Waals surface area (Å²) in [6.07, 6.45) is 0.577. The number of primary amides is 1. The van der Waals surface area contributed by atoms with Gasteiger partial charge in [0.25, 0.3) is 0 Å². The first-order valence-corrected chi connectivity index (χ1v) is 7.43. The van der Waals surface area contributed by atoms with Crippen LogP contribution in [-0.4, -0.2) is 17.2 Å². The number of hydrogen-bond acceptors (Lipinski definition) is 3. The highest BCUT2D eigenvalue weighted by Gasteiger charge is 2.24. The lowest BCUT2D eigenvalue weighted by Crippen LogP contribution is -2.49. The van der Waals surface area contributed by atoms with E-state index in [0.717, 1.165) is 5.75 Å². The van der Waals surface area contributed by atoms with Crippen LogP contribution in [0.15, 0.2) is 29.2 Å². The van der Waals surface area contributed by atoms with Gasteiger partial charge in [-0.2, -0.15) is 0 Å². The highest BCUT2D eigenvalue weighted by atomic mass is 32.2. The van der Waals surface area contributed by atoms with Crippen LogP contribution in [-0.2, 0) is 10.2 Å². The smallest absolute Gasteiger partial charge is 0.237 e. The highest BCUT2D eigenvalue weighted by molar-refractivity contribution is 7.99. The minimum absolute atomic E-state index is 0.172. The lowest BCUT2D eigenvalue weighted by atomic mass is 9.87. The zero-order valence-electron chi connectivity index (χ0n) is 12.2. The normalized spacial score (nSPS) is 15.0. The van der Waals surface area contributed by atoms with Gasteiger partial charge in [0.1, 0.15) is 0 Å². The number of thioether (sulfide) groups is 1. The van der Waals surface area contributed by atoms with Crippen LogP contribution in [0.2, 0.25) is 0 Å². The van der Waals surface area contributed by atoms with Crippen LogP contribution in [0.1, 0.15) is 39.7 Å². The maximum Gasteiger partial charge on any atom is 0.237 e. The minimum atomic E-state index is -0.918. The van der Waals surface area contributed by atoms with Gasteiger partial charge in [0.2, 0.25) is 5.91 Å². The average Bonchev–Trinajstić information content (AvgIpc) is 2.28. The second-order valence-electron chi connectivity index (χ2n) is 6.15. The molecule has 0 radical (unpaired) electrons. The van der Waals surface area contributed by atoms with Crippen molar-refractivity contribution in [1.29, 1.82) is 0 Å². The fraction of sp³-hybridized carbons (Fsp3) is 0.533. The molecule has 1 aromatic rings. The zero-order chi connectivity index (χ0) is 14.7. The number of hydrogen-bond donors (Lipinski definition) is 2. The molecule has 4 N–H and O–H groups in total. The summed E-state index contributed by atoms with van der Waals surface area (Å²) in [4.78, 5) is 12.3. The predicted molar refractivity (Wildman–Crippen MR) is 82.3 cm³/mol. The minimum Gasteiger partial charge on any atom is -0.368 e. The molecule has 0 heterocycles. The fourth-order valence-electron chi connectivity index (χ4n) is 1.56. The van der Waals surface area contributed by atoms with Crippen LogP contribution in [0.3, 0.4) is 0 Å². The van der Waals surface area contributed by atoms with Gasteiger partial charge in [-0.3, -0.25) is 4.79 Å². The number of nitrogens with two attached hydrogens (primary N) is 2. The van der Waals surface area contributed by atoms with E-state index in [4.69, 9.17) is 11.5 Å². The molecule has 0 spiro atoms. The van der Waals surface area contributed by atoms with Crippen molar-refractivity contribution in [3.05, 3.63) is 29.8 Å². The molecule has 106 valence electrons. The van der Waals surface area contributed by atoms with E-state index in [-0.39, 0.29) is 5.41 Å². The van der Waals surface area contributed by atoms with Crippen LogP contribution in [0.4, 0.5) is 0 Å². The maximum absolute atomic E-state index is 11.1. The molecule has 1 atom stereocenters. The van der Waals surface area contributed by atoms with E-state index in [2.05, 4.69) is 45.0 Å². The Morgan fingerprint density at radius 1 is 1.16 bits per heavy atom. The summed E-state index contributed by atoms with van der Waals surface area (Å²) < 4.78 is 0. The van der Waals surface area contributed by atoms with Crippen molar-refractivity contribution >= 4 is 17.7 Å². The molecule has 0 aliphatic carbocycles. The van der Waals surface area contributed by atoms with Crippen LogP contribution < -0.4 is 11.5 Å². The lowest BCUT2D eigenvalue weighted by molar-refractivity contribution is -0.122. The maximum atomic E-state index is 11.1. The summed E-state index contributed by atoms with van der Waals surface area (Å²) in [5.74, 6) is 0.335. The largest absolute Gasteiger partial charge is 0.368 e. The Labute approximate surface area is 120 Å². The van der Waals surface area contributed by atoms with Gasteiger partial charge in [0.15, 0.2) is 0 Å². The molecule has 0 saturated heterocycles. The summed E-state index contributed by atoms with van der Waals surface area (Å²) in [6.45, 7) is 8.27. The van der Waals surface area contributed by atoms with E-state index in [0.29, 0.717) is 6.42 Å². The quantitative estimate of drug-likeness (QED) is 0.815. The third-order valence-electron chi connectivity index (χ3n) is 3.17. The Morgan fingerprint density at radius 2 is 1.68 bits per heavy atom. The summed E-state index contributed by atoms with van der Waals surface area (Å²) in [5, 5.41) is 0. The summed E-state index contributed by atoms with van der Waals surface area (Å²) >= 11 is 1.70. The van der Waals surface area contributed by atoms with E-state index in [9.17, 15) is 4.79 Å². The van der Waals surface area contributed by atoms with E-state index in [1.54, 1.807) is 18.7 Å².